The smallest absolute Gasteiger partial charge is 0.780 e. The van der Waals surface area contributed by atoms with Crippen LogP contribution in [0.1, 0.15) is 0 Å². The first-order valence-electron chi connectivity index (χ1n) is 8.54. The molecule has 3 aromatic carbocycles. The van der Waals surface area contributed by atoms with Crippen molar-refractivity contribution >= 4 is 58.2 Å². The summed E-state index contributed by atoms with van der Waals surface area (Å²) in [6.45, 7) is 0. The van der Waals surface area contributed by atoms with Crippen molar-refractivity contribution in [1.29, 1.82) is 0 Å². The van der Waals surface area contributed by atoms with Gasteiger partial charge >= 0.3 is 34.7 Å². The van der Waals surface area contributed by atoms with Crippen LogP contribution < -0.4 is 42.9 Å². The first-order valence-corrected chi connectivity index (χ1v) is 12.9. The predicted molar refractivity (Wildman–Crippen MR) is 116 cm³/mol. The minimum atomic E-state index is -4.89. The molecule has 0 unspecified atom stereocenters. The molecule has 12 nitrogen and oxygen atoms in total. The van der Waals surface area contributed by atoms with Crippen molar-refractivity contribution in [3.05, 3.63) is 91.0 Å². The van der Waals surface area contributed by atoms with Gasteiger partial charge in [0.2, 0.25) is 0 Å². The van der Waals surface area contributed by atoms with E-state index in [1.807, 2.05) is 0 Å². The van der Waals surface area contributed by atoms with Crippen LogP contribution in [0.4, 0.5) is 0 Å². The van der Waals surface area contributed by atoms with E-state index in [0.29, 0.717) is 0 Å². The molecule has 3 rings (SSSR count). The van der Waals surface area contributed by atoms with Gasteiger partial charge < -0.3 is 56.6 Å². The molecule has 0 fully saturated rings. The molecule has 0 N–H and O–H groups in total. The minimum absolute atomic E-state index is 0. The molecule has 0 heterocycles. The third kappa shape index (κ3) is 21.6. The van der Waals surface area contributed by atoms with Crippen molar-refractivity contribution < 1.29 is 56.6 Å². The van der Waals surface area contributed by atoms with E-state index < -0.39 is 23.5 Å². The van der Waals surface area contributed by atoms with Gasteiger partial charge in [0.15, 0.2) is 0 Å². The van der Waals surface area contributed by atoms with Gasteiger partial charge in [0, 0.05) is 0 Å². The Labute approximate surface area is 222 Å². The molecule has 17 heteroatoms. The van der Waals surface area contributed by atoms with Crippen molar-refractivity contribution in [2.24, 2.45) is 0 Å². The summed E-state index contributed by atoms with van der Waals surface area (Å²) < 4.78 is 42.3. The SMILES string of the molecule is O=P([O-])([O-])Oc1ccccc1.O=P([O-])([O-])Oc1ccccc1.O=P([O-])([O-])Oc1ccccc1.[Al+3].[Al+3]. The second-order valence-electron chi connectivity index (χ2n) is 5.55. The number of benzene rings is 3. The molecule has 0 aromatic heterocycles. The van der Waals surface area contributed by atoms with Crippen LogP contribution >= 0.6 is 23.5 Å². The van der Waals surface area contributed by atoms with Crippen molar-refractivity contribution in [1.82, 2.24) is 0 Å². The van der Waals surface area contributed by atoms with Crippen LogP contribution in [-0.4, -0.2) is 34.7 Å². The van der Waals surface area contributed by atoms with Gasteiger partial charge in [0.1, 0.15) is 40.7 Å². The maximum absolute atomic E-state index is 10.1. The summed E-state index contributed by atoms with van der Waals surface area (Å²) in [7, 11) is -14.7. The van der Waals surface area contributed by atoms with E-state index >= 15 is 0 Å². The van der Waals surface area contributed by atoms with Gasteiger partial charge in [-0.15, -0.1) is 0 Å². The van der Waals surface area contributed by atoms with Gasteiger partial charge in [-0.25, -0.2) is 0 Å². The predicted octanol–water partition coefficient (Wildman–Crippen LogP) is -1.08. The average molecular weight is 570 g/mol. The summed E-state index contributed by atoms with van der Waals surface area (Å²) in [5.74, 6) is 0.127. The van der Waals surface area contributed by atoms with E-state index in [1.165, 1.54) is 36.4 Å². The molecular weight excluding hydrogens is 555 g/mol. The molecule has 0 aliphatic heterocycles. The summed E-state index contributed by atoms with van der Waals surface area (Å²) in [6.07, 6.45) is 0. The van der Waals surface area contributed by atoms with E-state index in [4.69, 9.17) is 0 Å². The van der Waals surface area contributed by atoms with Gasteiger partial charge in [-0.3, -0.25) is 0 Å². The van der Waals surface area contributed by atoms with Crippen LogP contribution in [-0.2, 0) is 13.7 Å². The zero-order chi connectivity index (χ0) is 25.0. The normalized spacial score (nSPS) is 10.5. The van der Waals surface area contributed by atoms with E-state index in [-0.39, 0.29) is 52.0 Å². The molecular formula is C18H15Al2O12P3. The molecule has 0 saturated heterocycles. The van der Waals surface area contributed by atoms with E-state index in [2.05, 4.69) is 13.6 Å². The summed E-state index contributed by atoms with van der Waals surface area (Å²) >= 11 is 0. The number of hydrogen-bond acceptors (Lipinski definition) is 12. The second-order valence-corrected chi connectivity index (χ2v) is 8.79. The number of phosphoric ester groups is 3. The van der Waals surface area contributed by atoms with E-state index in [1.54, 1.807) is 54.6 Å². The fourth-order valence-corrected chi connectivity index (χ4v) is 2.97. The quantitative estimate of drug-likeness (QED) is 0.255. The number of phosphoric acid groups is 3. The summed E-state index contributed by atoms with van der Waals surface area (Å²) in [6, 6.07) is 22.9. The van der Waals surface area contributed by atoms with Gasteiger partial charge in [-0.05, 0) is 36.4 Å². The van der Waals surface area contributed by atoms with E-state index in [0.717, 1.165) is 0 Å². The first-order chi connectivity index (χ1) is 15.2. The fourth-order valence-electron chi connectivity index (χ4n) is 1.83. The minimum Gasteiger partial charge on any atom is -0.780 e. The molecule has 0 radical (unpaired) electrons. The van der Waals surface area contributed by atoms with Crippen LogP contribution in [0.3, 0.4) is 0 Å². The van der Waals surface area contributed by atoms with Crippen LogP contribution in [0, 0.1) is 0 Å². The number of rotatable bonds is 6. The molecule has 0 aliphatic rings. The maximum Gasteiger partial charge on any atom is 3.00 e. The standard InChI is InChI=1S/3C6H7O4P.2Al/c3*7-11(8,9)10-6-4-2-1-3-5-6;;/h3*1-5H,(H2,7,8,9);;/q;;;2*+3/p-6. The van der Waals surface area contributed by atoms with Gasteiger partial charge in [0.05, 0.1) is 0 Å². The molecule has 0 saturated carbocycles. The van der Waals surface area contributed by atoms with Crippen molar-refractivity contribution in [2.45, 2.75) is 0 Å². The Morgan fingerprint density at radius 2 is 0.571 bits per heavy atom. The summed E-state index contributed by atoms with van der Waals surface area (Å²) in [5, 5.41) is 0. The van der Waals surface area contributed by atoms with Crippen LogP contribution in [0.2, 0.25) is 0 Å². The largest absolute Gasteiger partial charge is 3.00 e. The van der Waals surface area contributed by atoms with E-state index in [9.17, 15) is 43.1 Å². The Balaban J connectivity index is 0. The Morgan fingerprint density at radius 1 is 0.400 bits per heavy atom. The number of para-hydroxylation sites is 3. The third-order valence-electron chi connectivity index (χ3n) is 2.88. The zero-order valence-electron chi connectivity index (χ0n) is 17.6. The summed E-state index contributed by atoms with van der Waals surface area (Å²) in [4.78, 5) is 60.3. The molecule has 0 amide bonds. The number of hydrogen-bond donors (Lipinski definition) is 0. The zero-order valence-corrected chi connectivity index (χ0v) is 22.5. The second kappa shape index (κ2) is 17.1. The van der Waals surface area contributed by atoms with Crippen molar-refractivity contribution in [2.75, 3.05) is 0 Å². The summed E-state index contributed by atoms with van der Waals surface area (Å²) in [5.41, 5.74) is 0. The molecule has 0 spiro atoms. The van der Waals surface area contributed by atoms with Gasteiger partial charge in [-0.2, -0.15) is 0 Å². The Bertz CT molecular complexity index is 948. The van der Waals surface area contributed by atoms with Gasteiger partial charge in [-0.1, -0.05) is 54.6 Å². The molecule has 35 heavy (non-hydrogen) atoms. The van der Waals surface area contributed by atoms with Crippen LogP contribution in [0.25, 0.3) is 0 Å². The average Bonchev–Trinajstić information content (AvgIpc) is 2.67. The Hall–Kier alpha value is -1.43. The molecule has 0 atom stereocenters. The van der Waals surface area contributed by atoms with Gasteiger partial charge in [0.25, 0.3) is 0 Å². The van der Waals surface area contributed by atoms with Crippen LogP contribution in [0.15, 0.2) is 91.0 Å². The molecule has 0 aliphatic carbocycles. The monoisotopic (exact) mass is 570 g/mol. The Kier molecular flexibility index (Phi) is 17.5. The first kappa shape index (κ1) is 35.7. The molecule has 0 bridgehead atoms. The maximum atomic E-state index is 10.1. The third-order valence-corrected chi connectivity index (χ3v) is 4.18. The van der Waals surface area contributed by atoms with Crippen molar-refractivity contribution in [3.8, 4) is 17.2 Å². The van der Waals surface area contributed by atoms with Crippen molar-refractivity contribution in [3.63, 3.8) is 0 Å². The molecule has 3 aromatic rings. The van der Waals surface area contributed by atoms with Crippen LogP contribution in [0.5, 0.6) is 17.2 Å². The topological polar surface area (TPSA) is 217 Å². The fraction of sp³-hybridized carbons (Fsp3) is 0. The Morgan fingerprint density at radius 3 is 0.714 bits per heavy atom. The molecule has 180 valence electrons.